The second kappa shape index (κ2) is 9.65. The molecule has 1 atom stereocenters. The zero-order valence-corrected chi connectivity index (χ0v) is 16.8. The minimum Gasteiger partial charge on any atom is -0.354 e. The Labute approximate surface area is 163 Å². The van der Waals surface area contributed by atoms with E-state index < -0.39 is 0 Å². The number of piperidine rings is 1. The van der Waals surface area contributed by atoms with Gasteiger partial charge in [0, 0.05) is 25.2 Å². The fraction of sp³-hybridized carbons (Fsp3) is 0.682. The predicted octanol–water partition coefficient (Wildman–Crippen LogP) is 3.27. The molecule has 0 bridgehead atoms. The molecule has 0 saturated carbocycles. The largest absolute Gasteiger partial charge is 0.354 e. The highest BCUT2D eigenvalue weighted by Gasteiger charge is 2.31. The van der Waals surface area contributed by atoms with Gasteiger partial charge in [-0.1, -0.05) is 32.0 Å². The SMILES string of the molecule is CC(C)CN1CCC(CNC(=O)C2CCCN2Cc2ccccc2F)CC1. The van der Waals surface area contributed by atoms with E-state index in [1.807, 2.05) is 12.1 Å². The molecule has 27 heavy (non-hydrogen) atoms. The lowest BCUT2D eigenvalue weighted by Crippen LogP contribution is -2.46. The fourth-order valence-electron chi connectivity index (χ4n) is 4.41. The summed E-state index contributed by atoms with van der Waals surface area (Å²) in [5, 5.41) is 3.19. The zero-order chi connectivity index (χ0) is 19.2. The van der Waals surface area contributed by atoms with Crippen molar-refractivity contribution in [3.05, 3.63) is 35.6 Å². The van der Waals surface area contributed by atoms with Gasteiger partial charge in [0.25, 0.3) is 0 Å². The Bertz CT molecular complexity index is 613. The highest BCUT2D eigenvalue weighted by Crippen LogP contribution is 2.22. The lowest BCUT2D eigenvalue weighted by Gasteiger charge is -2.33. The van der Waals surface area contributed by atoms with Crippen LogP contribution >= 0.6 is 0 Å². The van der Waals surface area contributed by atoms with Gasteiger partial charge in [0.15, 0.2) is 0 Å². The van der Waals surface area contributed by atoms with Crippen LogP contribution < -0.4 is 5.32 Å². The van der Waals surface area contributed by atoms with Crippen molar-refractivity contribution in [2.45, 2.75) is 52.1 Å². The van der Waals surface area contributed by atoms with Crippen LogP contribution in [0.25, 0.3) is 0 Å². The number of carbonyl (C=O) groups is 1. The molecule has 2 aliphatic rings. The molecule has 5 heteroatoms. The van der Waals surface area contributed by atoms with Gasteiger partial charge in [0.05, 0.1) is 6.04 Å². The van der Waals surface area contributed by atoms with Crippen molar-refractivity contribution in [2.24, 2.45) is 11.8 Å². The summed E-state index contributed by atoms with van der Waals surface area (Å²) in [7, 11) is 0. The van der Waals surface area contributed by atoms with E-state index in [2.05, 4.69) is 29.0 Å². The van der Waals surface area contributed by atoms with E-state index >= 15 is 0 Å². The summed E-state index contributed by atoms with van der Waals surface area (Å²) < 4.78 is 13.9. The summed E-state index contributed by atoms with van der Waals surface area (Å²) in [5.41, 5.74) is 0.676. The Morgan fingerprint density at radius 3 is 2.63 bits per heavy atom. The molecule has 2 saturated heterocycles. The molecule has 0 radical (unpaired) electrons. The third kappa shape index (κ3) is 5.76. The van der Waals surface area contributed by atoms with Crippen molar-refractivity contribution >= 4 is 5.91 Å². The molecule has 150 valence electrons. The first-order valence-corrected chi connectivity index (χ1v) is 10.5. The molecule has 1 unspecified atom stereocenters. The van der Waals surface area contributed by atoms with Crippen LogP contribution in [0, 0.1) is 17.7 Å². The highest BCUT2D eigenvalue weighted by molar-refractivity contribution is 5.82. The number of likely N-dealkylation sites (tertiary alicyclic amines) is 2. The van der Waals surface area contributed by atoms with Crippen LogP contribution in [-0.2, 0) is 11.3 Å². The summed E-state index contributed by atoms with van der Waals surface area (Å²) in [4.78, 5) is 17.4. The van der Waals surface area contributed by atoms with Crippen molar-refractivity contribution in [2.75, 3.05) is 32.7 Å². The minimum atomic E-state index is -0.184. The van der Waals surface area contributed by atoms with E-state index in [0.717, 1.165) is 51.9 Å². The number of amides is 1. The van der Waals surface area contributed by atoms with Crippen molar-refractivity contribution in [1.29, 1.82) is 0 Å². The summed E-state index contributed by atoms with van der Waals surface area (Å²) >= 11 is 0. The Kier molecular flexibility index (Phi) is 7.25. The average Bonchev–Trinajstić information content (AvgIpc) is 3.11. The van der Waals surface area contributed by atoms with Crippen LogP contribution in [0.2, 0.25) is 0 Å². The van der Waals surface area contributed by atoms with E-state index in [4.69, 9.17) is 0 Å². The van der Waals surface area contributed by atoms with Gasteiger partial charge in [-0.3, -0.25) is 9.69 Å². The molecule has 3 rings (SSSR count). The van der Waals surface area contributed by atoms with Crippen LogP contribution in [0.3, 0.4) is 0 Å². The molecular weight excluding hydrogens is 341 g/mol. The standard InChI is InChI=1S/C22H34FN3O/c1-17(2)15-25-12-9-18(10-13-25)14-24-22(27)21-8-5-11-26(21)16-19-6-3-4-7-20(19)23/h3-4,6-7,17-18,21H,5,8-16H2,1-2H3,(H,24,27). The predicted molar refractivity (Wildman–Crippen MR) is 107 cm³/mol. The third-order valence-electron chi connectivity index (χ3n) is 5.89. The second-order valence-electron chi connectivity index (χ2n) is 8.60. The number of hydrogen-bond donors (Lipinski definition) is 1. The molecule has 0 spiro atoms. The fourth-order valence-corrected chi connectivity index (χ4v) is 4.41. The van der Waals surface area contributed by atoms with Gasteiger partial charge in [0.1, 0.15) is 5.82 Å². The topological polar surface area (TPSA) is 35.6 Å². The summed E-state index contributed by atoms with van der Waals surface area (Å²) in [5.74, 6) is 1.23. The van der Waals surface area contributed by atoms with Gasteiger partial charge in [-0.15, -0.1) is 0 Å². The van der Waals surface area contributed by atoms with Gasteiger partial charge in [0.2, 0.25) is 5.91 Å². The van der Waals surface area contributed by atoms with Gasteiger partial charge in [-0.2, -0.15) is 0 Å². The van der Waals surface area contributed by atoms with E-state index in [0.29, 0.717) is 23.9 Å². The van der Waals surface area contributed by atoms with Crippen LogP contribution in [-0.4, -0.2) is 54.5 Å². The van der Waals surface area contributed by atoms with Crippen molar-refractivity contribution in [3.63, 3.8) is 0 Å². The van der Waals surface area contributed by atoms with Gasteiger partial charge in [-0.25, -0.2) is 4.39 Å². The Hall–Kier alpha value is -1.46. The summed E-state index contributed by atoms with van der Waals surface area (Å²) in [6, 6.07) is 6.75. The van der Waals surface area contributed by atoms with Crippen molar-refractivity contribution in [3.8, 4) is 0 Å². The van der Waals surface area contributed by atoms with E-state index in [-0.39, 0.29) is 17.8 Å². The van der Waals surface area contributed by atoms with Crippen LogP contribution in [0.15, 0.2) is 24.3 Å². The Morgan fingerprint density at radius 2 is 1.93 bits per heavy atom. The molecule has 1 aromatic carbocycles. The van der Waals surface area contributed by atoms with E-state index in [1.54, 1.807) is 6.07 Å². The Balaban J connectivity index is 1.44. The molecule has 1 aromatic rings. The molecule has 4 nitrogen and oxygen atoms in total. The minimum absolute atomic E-state index is 0.119. The summed E-state index contributed by atoms with van der Waals surface area (Å²) in [6.07, 6.45) is 4.19. The smallest absolute Gasteiger partial charge is 0.237 e. The quantitative estimate of drug-likeness (QED) is 0.794. The monoisotopic (exact) mass is 375 g/mol. The van der Waals surface area contributed by atoms with E-state index in [1.165, 1.54) is 12.6 Å². The van der Waals surface area contributed by atoms with E-state index in [9.17, 15) is 9.18 Å². The maximum Gasteiger partial charge on any atom is 0.237 e. The molecule has 0 aliphatic carbocycles. The lowest BCUT2D eigenvalue weighted by atomic mass is 9.96. The first-order chi connectivity index (χ1) is 13.0. The van der Waals surface area contributed by atoms with Crippen molar-refractivity contribution in [1.82, 2.24) is 15.1 Å². The highest BCUT2D eigenvalue weighted by atomic mass is 19.1. The molecule has 2 heterocycles. The number of rotatable bonds is 7. The number of halogens is 1. The average molecular weight is 376 g/mol. The number of nitrogens with one attached hydrogen (secondary N) is 1. The molecule has 0 aromatic heterocycles. The number of nitrogens with zero attached hydrogens (tertiary/aromatic N) is 2. The van der Waals surface area contributed by atoms with Crippen LogP contribution in [0.5, 0.6) is 0 Å². The number of hydrogen-bond acceptors (Lipinski definition) is 3. The molecule has 2 aliphatic heterocycles. The van der Waals surface area contributed by atoms with Gasteiger partial charge in [-0.05, 0) is 63.2 Å². The maximum absolute atomic E-state index is 13.9. The molecule has 1 amide bonds. The Morgan fingerprint density at radius 1 is 1.19 bits per heavy atom. The van der Waals surface area contributed by atoms with Crippen molar-refractivity contribution < 1.29 is 9.18 Å². The van der Waals surface area contributed by atoms with Crippen LogP contribution in [0.1, 0.15) is 45.1 Å². The van der Waals surface area contributed by atoms with Gasteiger partial charge < -0.3 is 10.2 Å². The van der Waals surface area contributed by atoms with Gasteiger partial charge >= 0.3 is 0 Å². The second-order valence-corrected chi connectivity index (χ2v) is 8.60. The molecule has 2 fully saturated rings. The lowest BCUT2D eigenvalue weighted by molar-refractivity contribution is -0.125. The normalized spacial score (nSPS) is 22.4. The number of carbonyl (C=O) groups excluding carboxylic acids is 1. The molecular formula is C22H34FN3O. The first kappa shape index (κ1) is 20.3. The summed E-state index contributed by atoms with van der Waals surface area (Å²) in [6.45, 7) is 10.1. The van der Waals surface area contributed by atoms with Crippen LogP contribution in [0.4, 0.5) is 4.39 Å². The third-order valence-corrected chi connectivity index (χ3v) is 5.89. The zero-order valence-electron chi connectivity index (χ0n) is 16.8. The number of benzene rings is 1. The first-order valence-electron chi connectivity index (χ1n) is 10.5. The molecule has 1 N–H and O–H groups in total. The maximum atomic E-state index is 13.9.